The fourth-order valence-electron chi connectivity index (χ4n) is 0.748. The van der Waals surface area contributed by atoms with E-state index in [9.17, 15) is 0 Å². The van der Waals surface area contributed by atoms with Crippen LogP contribution in [0.15, 0.2) is 6.20 Å². The van der Waals surface area contributed by atoms with Gasteiger partial charge in [-0.3, -0.25) is 0 Å². The Balaban J connectivity index is 2.56. The maximum Gasteiger partial charge on any atom is 0.223 e. The Kier molecular flexibility index (Phi) is 4.21. The van der Waals surface area contributed by atoms with Gasteiger partial charge in [-0.1, -0.05) is 11.6 Å². The summed E-state index contributed by atoms with van der Waals surface area (Å²) in [7, 11) is 1.63. The number of rotatable bonds is 4. The van der Waals surface area contributed by atoms with Gasteiger partial charge < -0.3 is 10.1 Å². The molecule has 0 aliphatic heterocycles. The highest BCUT2D eigenvalue weighted by atomic mass is 35.5. The number of halogens is 2. The van der Waals surface area contributed by atoms with Crippen LogP contribution >= 0.6 is 23.2 Å². The van der Waals surface area contributed by atoms with Crippen LogP contribution in [0, 0.1) is 0 Å². The summed E-state index contributed by atoms with van der Waals surface area (Å²) < 4.78 is 4.85. The first-order chi connectivity index (χ1) is 6.24. The molecule has 0 aromatic carbocycles. The summed E-state index contributed by atoms with van der Waals surface area (Å²) in [5.41, 5.74) is 0.656. The Morgan fingerprint density at radius 3 is 2.92 bits per heavy atom. The van der Waals surface area contributed by atoms with Crippen molar-refractivity contribution < 1.29 is 4.74 Å². The average molecular weight is 222 g/mol. The lowest BCUT2D eigenvalue weighted by Gasteiger charge is -2.05. The number of anilines is 1. The predicted molar refractivity (Wildman–Crippen MR) is 52.4 cm³/mol. The van der Waals surface area contributed by atoms with Gasteiger partial charge in [-0.25, -0.2) is 9.97 Å². The molecule has 0 amide bonds. The molecule has 1 rings (SSSR count). The van der Waals surface area contributed by atoms with E-state index in [1.165, 1.54) is 6.20 Å². The normalized spacial score (nSPS) is 10.1. The molecule has 72 valence electrons. The van der Waals surface area contributed by atoms with Crippen LogP contribution in [-0.2, 0) is 4.74 Å². The zero-order valence-electron chi connectivity index (χ0n) is 7.05. The van der Waals surface area contributed by atoms with Crippen LogP contribution in [0.4, 0.5) is 5.69 Å². The molecule has 0 unspecified atom stereocenters. The first-order valence-corrected chi connectivity index (χ1v) is 4.40. The van der Waals surface area contributed by atoms with E-state index in [-0.39, 0.29) is 5.28 Å². The van der Waals surface area contributed by atoms with Gasteiger partial charge in [0.2, 0.25) is 5.28 Å². The average Bonchev–Trinajstić information content (AvgIpc) is 2.09. The second-order valence-corrected chi connectivity index (χ2v) is 2.96. The highest BCUT2D eigenvalue weighted by Crippen LogP contribution is 2.18. The molecule has 0 aliphatic rings. The second kappa shape index (κ2) is 5.21. The van der Waals surface area contributed by atoms with Crippen molar-refractivity contribution in [1.29, 1.82) is 0 Å². The maximum atomic E-state index is 5.77. The molecule has 0 saturated heterocycles. The zero-order chi connectivity index (χ0) is 9.68. The fraction of sp³-hybridized carbons (Fsp3) is 0.429. The second-order valence-electron chi connectivity index (χ2n) is 2.26. The number of hydrogen-bond donors (Lipinski definition) is 1. The van der Waals surface area contributed by atoms with E-state index in [4.69, 9.17) is 27.9 Å². The van der Waals surface area contributed by atoms with Gasteiger partial charge in [0.05, 0.1) is 18.5 Å². The summed E-state index contributed by atoms with van der Waals surface area (Å²) in [5.74, 6) is 0. The van der Waals surface area contributed by atoms with E-state index in [0.29, 0.717) is 24.0 Å². The summed E-state index contributed by atoms with van der Waals surface area (Å²) in [5, 5.41) is 3.46. The summed E-state index contributed by atoms with van der Waals surface area (Å²) >= 11 is 11.3. The van der Waals surface area contributed by atoms with Crippen molar-refractivity contribution in [1.82, 2.24) is 9.97 Å². The summed E-state index contributed by atoms with van der Waals surface area (Å²) in [4.78, 5) is 7.55. The molecule has 0 fully saturated rings. The van der Waals surface area contributed by atoms with Crippen molar-refractivity contribution in [3.05, 3.63) is 16.6 Å². The molecular formula is C7H9Cl2N3O. The van der Waals surface area contributed by atoms with Crippen molar-refractivity contribution in [3.8, 4) is 0 Å². The monoisotopic (exact) mass is 221 g/mol. The molecule has 0 radical (unpaired) electrons. The number of nitrogens with zero attached hydrogens (tertiary/aromatic N) is 2. The third kappa shape index (κ3) is 3.34. The van der Waals surface area contributed by atoms with Gasteiger partial charge in [0, 0.05) is 13.7 Å². The molecule has 1 aromatic heterocycles. The van der Waals surface area contributed by atoms with E-state index in [2.05, 4.69) is 15.3 Å². The minimum atomic E-state index is 0.141. The Morgan fingerprint density at radius 1 is 1.54 bits per heavy atom. The SMILES string of the molecule is COCCNc1cnc(Cl)nc1Cl. The predicted octanol–water partition coefficient (Wildman–Crippen LogP) is 1.84. The van der Waals surface area contributed by atoms with Gasteiger partial charge >= 0.3 is 0 Å². The molecule has 0 atom stereocenters. The van der Waals surface area contributed by atoms with Crippen molar-refractivity contribution >= 4 is 28.9 Å². The van der Waals surface area contributed by atoms with Crippen molar-refractivity contribution in [3.63, 3.8) is 0 Å². The topological polar surface area (TPSA) is 47.0 Å². The Bertz CT molecular complexity index is 282. The van der Waals surface area contributed by atoms with Gasteiger partial charge in [-0.2, -0.15) is 0 Å². The number of ether oxygens (including phenoxy) is 1. The maximum absolute atomic E-state index is 5.77. The summed E-state index contributed by atoms with van der Waals surface area (Å²) in [6, 6.07) is 0. The molecule has 0 aliphatic carbocycles. The molecule has 1 heterocycles. The lowest BCUT2D eigenvalue weighted by molar-refractivity contribution is 0.211. The van der Waals surface area contributed by atoms with E-state index in [0.717, 1.165) is 0 Å². The van der Waals surface area contributed by atoms with Crippen LogP contribution in [0.2, 0.25) is 10.4 Å². The smallest absolute Gasteiger partial charge is 0.223 e. The minimum absolute atomic E-state index is 0.141. The molecule has 0 spiro atoms. The van der Waals surface area contributed by atoms with Crippen LogP contribution in [-0.4, -0.2) is 30.2 Å². The lowest BCUT2D eigenvalue weighted by Crippen LogP contribution is -2.08. The minimum Gasteiger partial charge on any atom is -0.383 e. The van der Waals surface area contributed by atoms with E-state index in [1.807, 2.05) is 0 Å². The van der Waals surface area contributed by atoms with Gasteiger partial charge in [-0.05, 0) is 11.6 Å². The van der Waals surface area contributed by atoms with Crippen LogP contribution in [0.25, 0.3) is 0 Å². The summed E-state index contributed by atoms with van der Waals surface area (Å²) in [6.45, 7) is 1.25. The van der Waals surface area contributed by atoms with E-state index >= 15 is 0 Å². The van der Waals surface area contributed by atoms with Crippen molar-refractivity contribution in [2.45, 2.75) is 0 Å². The lowest BCUT2D eigenvalue weighted by atomic mass is 10.5. The Morgan fingerprint density at radius 2 is 2.31 bits per heavy atom. The van der Waals surface area contributed by atoms with Gasteiger partial charge in [0.1, 0.15) is 0 Å². The van der Waals surface area contributed by atoms with Gasteiger partial charge in [0.15, 0.2) is 5.15 Å². The van der Waals surface area contributed by atoms with Crippen LogP contribution in [0.5, 0.6) is 0 Å². The summed E-state index contributed by atoms with van der Waals surface area (Å²) in [6.07, 6.45) is 1.54. The Hall–Kier alpha value is -0.580. The zero-order valence-corrected chi connectivity index (χ0v) is 8.56. The standard InChI is InChI=1S/C7H9Cl2N3O/c1-13-3-2-10-5-4-11-7(9)12-6(5)8/h4,10H,2-3H2,1H3. The Labute approximate surface area is 86.2 Å². The number of methoxy groups -OCH3 is 1. The van der Waals surface area contributed by atoms with Crippen LogP contribution < -0.4 is 5.32 Å². The van der Waals surface area contributed by atoms with E-state index < -0.39 is 0 Å². The number of nitrogens with one attached hydrogen (secondary N) is 1. The quantitative estimate of drug-likeness (QED) is 0.479. The first-order valence-electron chi connectivity index (χ1n) is 3.65. The van der Waals surface area contributed by atoms with Crippen LogP contribution in [0.3, 0.4) is 0 Å². The van der Waals surface area contributed by atoms with Gasteiger partial charge in [0.25, 0.3) is 0 Å². The molecule has 13 heavy (non-hydrogen) atoms. The highest BCUT2D eigenvalue weighted by Gasteiger charge is 2.01. The largest absolute Gasteiger partial charge is 0.383 e. The van der Waals surface area contributed by atoms with Crippen LogP contribution in [0.1, 0.15) is 0 Å². The molecule has 1 aromatic rings. The molecular weight excluding hydrogens is 213 g/mol. The number of hydrogen-bond acceptors (Lipinski definition) is 4. The van der Waals surface area contributed by atoms with Crippen molar-refractivity contribution in [2.24, 2.45) is 0 Å². The fourth-order valence-corrected chi connectivity index (χ4v) is 1.12. The molecule has 4 nitrogen and oxygen atoms in total. The molecule has 0 bridgehead atoms. The third-order valence-electron chi connectivity index (χ3n) is 1.33. The molecule has 0 saturated carbocycles. The third-order valence-corrected chi connectivity index (χ3v) is 1.80. The first kappa shape index (κ1) is 10.5. The van der Waals surface area contributed by atoms with E-state index in [1.54, 1.807) is 7.11 Å². The molecule has 6 heteroatoms. The molecule has 1 N–H and O–H groups in total. The highest BCUT2D eigenvalue weighted by molar-refractivity contribution is 6.33. The van der Waals surface area contributed by atoms with Gasteiger partial charge in [-0.15, -0.1) is 0 Å². The van der Waals surface area contributed by atoms with Crippen molar-refractivity contribution in [2.75, 3.05) is 25.6 Å². The number of aromatic nitrogens is 2.